The molecule has 2 aromatic rings. The highest BCUT2D eigenvalue weighted by atomic mass is 16.5. The minimum Gasteiger partial charge on any atom is -0.496 e. The summed E-state index contributed by atoms with van der Waals surface area (Å²) in [5, 5.41) is 5.89. The normalized spacial score (nSPS) is 11.7. The van der Waals surface area contributed by atoms with E-state index in [-0.39, 0.29) is 12.1 Å². The SMILES string of the molecule is CCOCc1ccccc1CNC(=O)N[C@H](C)c1cc(C)ccc1OC. The fourth-order valence-electron chi connectivity index (χ4n) is 2.78. The number of nitrogens with one attached hydrogen (secondary N) is 2. The van der Waals surface area contributed by atoms with Gasteiger partial charge in [-0.2, -0.15) is 0 Å². The average Bonchev–Trinajstić information content (AvgIpc) is 2.65. The first kappa shape index (κ1) is 19.8. The summed E-state index contributed by atoms with van der Waals surface area (Å²) >= 11 is 0. The van der Waals surface area contributed by atoms with E-state index >= 15 is 0 Å². The molecule has 5 heteroatoms. The van der Waals surface area contributed by atoms with E-state index in [2.05, 4.69) is 10.6 Å². The van der Waals surface area contributed by atoms with Gasteiger partial charge in [0.15, 0.2) is 0 Å². The number of carbonyl (C=O) groups excluding carboxylic acids is 1. The molecule has 1 atom stereocenters. The molecule has 0 aliphatic rings. The number of hydrogen-bond acceptors (Lipinski definition) is 3. The Kier molecular flexibility index (Phi) is 7.48. The third kappa shape index (κ3) is 5.49. The van der Waals surface area contributed by atoms with Crippen molar-refractivity contribution in [1.29, 1.82) is 0 Å². The second-order valence-corrected chi connectivity index (χ2v) is 6.20. The monoisotopic (exact) mass is 356 g/mol. The summed E-state index contributed by atoms with van der Waals surface area (Å²) in [5.74, 6) is 0.769. The number of ether oxygens (including phenoxy) is 2. The Morgan fingerprint density at radius 1 is 1.15 bits per heavy atom. The highest BCUT2D eigenvalue weighted by molar-refractivity contribution is 5.74. The lowest BCUT2D eigenvalue weighted by molar-refractivity contribution is 0.133. The number of carbonyl (C=O) groups is 1. The largest absolute Gasteiger partial charge is 0.496 e. The third-order valence-electron chi connectivity index (χ3n) is 4.22. The molecule has 0 saturated carbocycles. The summed E-state index contributed by atoms with van der Waals surface area (Å²) in [6, 6.07) is 13.5. The standard InChI is InChI=1S/C21H28N2O3/c1-5-26-14-18-9-7-6-8-17(18)13-22-21(24)23-16(3)19-12-15(2)10-11-20(19)25-4/h6-12,16H,5,13-14H2,1-4H3,(H2,22,23,24)/t16-/m1/s1. The molecule has 140 valence electrons. The van der Waals surface area contributed by atoms with Crippen molar-refractivity contribution in [3.63, 3.8) is 0 Å². The lowest BCUT2D eigenvalue weighted by Gasteiger charge is -2.19. The van der Waals surface area contributed by atoms with Crippen molar-refractivity contribution in [3.05, 3.63) is 64.7 Å². The third-order valence-corrected chi connectivity index (χ3v) is 4.22. The van der Waals surface area contributed by atoms with Crippen LogP contribution in [0.4, 0.5) is 4.79 Å². The second-order valence-electron chi connectivity index (χ2n) is 6.20. The Labute approximate surface area is 155 Å². The fourth-order valence-corrected chi connectivity index (χ4v) is 2.78. The molecular weight excluding hydrogens is 328 g/mol. The van der Waals surface area contributed by atoms with E-state index in [4.69, 9.17) is 9.47 Å². The van der Waals surface area contributed by atoms with Gasteiger partial charge in [-0.15, -0.1) is 0 Å². The molecule has 0 aromatic heterocycles. The smallest absolute Gasteiger partial charge is 0.315 e. The summed E-state index contributed by atoms with van der Waals surface area (Å²) in [4.78, 5) is 12.3. The van der Waals surface area contributed by atoms with Gasteiger partial charge in [0.1, 0.15) is 5.75 Å². The summed E-state index contributed by atoms with van der Waals surface area (Å²) < 4.78 is 10.9. The Morgan fingerprint density at radius 3 is 2.58 bits per heavy atom. The van der Waals surface area contributed by atoms with Gasteiger partial charge in [-0.1, -0.05) is 42.0 Å². The van der Waals surface area contributed by atoms with E-state index in [1.54, 1.807) is 7.11 Å². The first-order chi connectivity index (χ1) is 12.5. The molecule has 0 heterocycles. The van der Waals surface area contributed by atoms with Gasteiger partial charge in [0, 0.05) is 18.7 Å². The summed E-state index contributed by atoms with van der Waals surface area (Å²) in [6.07, 6.45) is 0. The molecule has 0 bridgehead atoms. The summed E-state index contributed by atoms with van der Waals surface area (Å²) in [7, 11) is 1.64. The van der Waals surface area contributed by atoms with Gasteiger partial charge in [0.25, 0.3) is 0 Å². The van der Waals surface area contributed by atoms with Crippen molar-refractivity contribution >= 4 is 6.03 Å². The van der Waals surface area contributed by atoms with Gasteiger partial charge >= 0.3 is 6.03 Å². The maximum absolute atomic E-state index is 12.3. The minimum absolute atomic E-state index is 0.163. The van der Waals surface area contributed by atoms with Crippen LogP contribution in [-0.2, 0) is 17.9 Å². The summed E-state index contributed by atoms with van der Waals surface area (Å²) in [5.41, 5.74) is 4.22. The van der Waals surface area contributed by atoms with Gasteiger partial charge < -0.3 is 20.1 Å². The van der Waals surface area contributed by atoms with Crippen molar-refractivity contribution in [3.8, 4) is 5.75 Å². The number of hydrogen-bond donors (Lipinski definition) is 2. The van der Waals surface area contributed by atoms with Crippen LogP contribution in [0.3, 0.4) is 0 Å². The summed E-state index contributed by atoms with van der Waals surface area (Å²) in [6.45, 7) is 7.60. The minimum atomic E-state index is -0.215. The van der Waals surface area contributed by atoms with Crippen LogP contribution in [0.5, 0.6) is 5.75 Å². The maximum Gasteiger partial charge on any atom is 0.315 e. The molecule has 2 amide bonds. The van der Waals surface area contributed by atoms with Crippen LogP contribution in [0.15, 0.2) is 42.5 Å². The molecule has 0 spiro atoms. The van der Waals surface area contributed by atoms with Crippen LogP contribution in [0.1, 0.15) is 42.1 Å². The Bertz CT molecular complexity index is 731. The van der Waals surface area contributed by atoms with Crippen molar-refractivity contribution in [2.45, 2.75) is 40.0 Å². The first-order valence-corrected chi connectivity index (χ1v) is 8.88. The number of aryl methyl sites for hydroxylation is 1. The molecule has 0 radical (unpaired) electrons. The number of benzene rings is 2. The van der Waals surface area contributed by atoms with Crippen molar-refractivity contribution in [2.24, 2.45) is 0 Å². The van der Waals surface area contributed by atoms with E-state index in [9.17, 15) is 4.79 Å². The topological polar surface area (TPSA) is 59.6 Å². The number of methoxy groups -OCH3 is 1. The molecule has 2 rings (SSSR count). The highest BCUT2D eigenvalue weighted by Crippen LogP contribution is 2.25. The van der Waals surface area contributed by atoms with Crippen LogP contribution >= 0.6 is 0 Å². The number of urea groups is 1. The van der Waals surface area contributed by atoms with Crippen molar-refractivity contribution in [2.75, 3.05) is 13.7 Å². The maximum atomic E-state index is 12.3. The Morgan fingerprint density at radius 2 is 1.88 bits per heavy atom. The molecule has 0 fully saturated rings. The molecule has 26 heavy (non-hydrogen) atoms. The predicted octanol–water partition coefficient (Wildman–Crippen LogP) is 4.10. The molecule has 0 aliphatic carbocycles. The molecule has 0 unspecified atom stereocenters. The molecule has 2 aromatic carbocycles. The van der Waals surface area contributed by atoms with E-state index in [0.29, 0.717) is 19.8 Å². The second kappa shape index (κ2) is 9.82. The Balaban J connectivity index is 1.96. The van der Waals surface area contributed by atoms with Crippen LogP contribution < -0.4 is 15.4 Å². The zero-order valence-corrected chi connectivity index (χ0v) is 16.0. The molecule has 2 N–H and O–H groups in total. The van der Waals surface area contributed by atoms with E-state index < -0.39 is 0 Å². The van der Waals surface area contributed by atoms with Crippen LogP contribution in [0.25, 0.3) is 0 Å². The quantitative estimate of drug-likeness (QED) is 0.749. The van der Waals surface area contributed by atoms with E-state index in [1.807, 2.05) is 63.2 Å². The van der Waals surface area contributed by atoms with Crippen LogP contribution in [0, 0.1) is 6.92 Å². The van der Waals surface area contributed by atoms with Gasteiger partial charge in [-0.25, -0.2) is 4.79 Å². The zero-order chi connectivity index (χ0) is 18.9. The van der Waals surface area contributed by atoms with Gasteiger partial charge in [0.2, 0.25) is 0 Å². The fraction of sp³-hybridized carbons (Fsp3) is 0.381. The van der Waals surface area contributed by atoms with Crippen molar-refractivity contribution < 1.29 is 14.3 Å². The van der Waals surface area contributed by atoms with Crippen LogP contribution in [0.2, 0.25) is 0 Å². The lowest BCUT2D eigenvalue weighted by Crippen LogP contribution is -2.37. The molecule has 5 nitrogen and oxygen atoms in total. The molecule has 0 saturated heterocycles. The number of rotatable bonds is 8. The average molecular weight is 356 g/mol. The lowest BCUT2D eigenvalue weighted by atomic mass is 10.0. The number of amides is 2. The van der Waals surface area contributed by atoms with E-state index in [0.717, 1.165) is 28.0 Å². The highest BCUT2D eigenvalue weighted by Gasteiger charge is 2.14. The van der Waals surface area contributed by atoms with Crippen LogP contribution in [-0.4, -0.2) is 19.7 Å². The molecular formula is C21H28N2O3. The van der Waals surface area contributed by atoms with E-state index in [1.165, 1.54) is 0 Å². The van der Waals surface area contributed by atoms with Crippen molar-refractivity contribution in [1.82, 2.24) is 10.6 Å². The molecule has 0 aliphatic heterocycles. The van der Waals surface area contributed by atoms with Gasteiger partial charge in [0.05, 0.1) is 19.8 Å². The van der Waals surface area contributed by atoms with Gasteiger partial charge in [-0.05, 0) is 38.0 Å². The first-order valence-electron chi connectivity index (χ1n) is 8.88. The predicted molar refractivity (Wildman–Crippen MR) is 103 cm³/mol. The van der Waals surface area contributed by atoms with Gasteiger partial charge in [-0.3, -0.25) is 0 Å². The zero-order valence-electron chi connectivity index (χ0n) is 16.0. The Hall–Kier alpha value is -2.53.